The topological polar surface area (TPSA) is 100 Å². The number of nitrogens with one attached hydrogen (secondary N) is 1. The Morgan fingerprint density at radius 3 is 2.75 bits per heavy atom. The predicted octanol–water partition coefficient (Wildman–Crippen LogP) is 2.15. The van der Waals surface area contributed by atoms with E-state index in [1.165, 1.54) is 0 Å². The Kier molecular flexibility index (Phi) is 6.14. The van der Waals surface area contributed by atoms with Gasteiger partial charge in [0.1, 0.15) is 11.0 Å². The lowest BCUT2D eigenvalue weighted by molar-refractivity contribution is -0.138. The maximum absolute atomic E-state index is 11.6. The van der Waals surface area contributed by atoms with Gasteiger partial charge >= 0.3 is 5.97 Å². The summed E-state index contributed by atoms with van der Waals surface area (Å²) in [4.78, 5) is 22.2. The summed E-state index contributed by atoms with van der Waals surface area (Å²) in [7, 11) is 1.61. The maximum Gasteiger partial charge on any atom is 0.305 e. The number of rotatable bonds is 6. The number of benzene rings is 1. The van der Waals surface area contributed by atoms with Gasteiger partial charge < -0.3 is 15.2 Å². The molecule has 1 heterocycles. The molecule has 1 aliphatic rings. The van der Waals surface area contributed by atoms with Crippen LogP contribution in [0.25, 0.3) is 6.08 Å². The molecule has 2 rings (SSSR count). The van der Waals surface area contributed by atoms with Gasteiger partial charge in [-0.15, -0.1) is 5.10 Å². The van der Waals surface area contributed by atoms with Crippen LogP contribution in [0.15, 0.2) is 40.5 Å². The zero-order chi connectivity index (χ0) is 17.5. The molecule has 0 bridgehead atoms. The summed E-state index contributed by atoms with van der Waals surface area (Å²) in [6, 6.07) is 7.55. The van der Waals surface area contributed by atoms with Gasteiger partial charge in [-0.2, -0.15) is 5.10 Å². The molecular weight excluding hydrogens is 330 g/mol. The van der Waals surface area contributed by atoms with E-state index in [2.05, 4.69) is 15.5 Å². The molecule has 1 saturated heterocycles. The molecular formula is C16H17N3O4S. The molecule has 24 heavy (non-hydrogen) atoms. The zero-order valence-electron chi connectivity index (χ0n) is 13.2. The zero-order valence-corrected chi connectivity index (χ0v) is 14.0. The average molecular weight is 347 g/mol. The van der Waals surface area contributed by atoms with Crippen LogP contribution in [0.2, 0.25) is 0 Å². The third-order valence-corrected chi connectivity index (χ3v) is 4.14. The summed E-state index contributed by atoms with van der Waals surface area (Å²) in [5.74, 6) is -0.595. The van der Waals surface area contributed by atoms with Crippen molar-refractivity contribution < 1.29 is 19.4 Å². The molecule has 0 aliphatic carbocycles. The van der Waals surface area contributed by atoms with Gasteiger partial charge in [0.15, 0.2) is 5.17 Å². The number of ether oxygens (including phenoxy) is 1. The molecule has 0 saturated carbocycles. The minimum Gasteiger partial charge on any atom is -0.497 e. The Bertz CT molecular complexity index is 711. The van der Waals surface area contributed by atoms with Crippen LogP contribution in [0.3, 0.4) is 0 Å². The largest absolute Gasteiger partial charge is 0.497 e. The molecule has 0 radical (unpaired) electrons. The third-order valence-electron chi connectivity index (χ3n) is 3.07. The van der Waals surface area contributed by atoms with E-state index in [9.17, 15) is 9.59 Å². The van der Waals surface area contributed by atoms with Crippen LogP contribution in [0.1, 0.15) is 18.9 Å². The summed E-state index contributed by atoms with van der Waals surface area (Å²) in [6.07, 6.45) is 3.43. The molecule has 7 nitrogen and oxygen atoms in total. The number of aliphatic carboxylic acids is 1. The predicted molar refractivity (Wildman–Crippen MR) is 94.3 cm³/mol. The lowest BCUT2D eigenvalue weighted by Gasteiger charge is -1.99. The number of carboxylic acid groups (broad SMARTS) is 1. The number of nitrogens with zero attached hydrogens (tertiary/aromatic N) is 2. The van der Waals surface area contributed by atoms with E-state index >= 15 is 0 Å². The van der Waals surface area contributed by atoms with Crippen LogP contribution >= 0.6 is 11.8 Å². The Balaban J connectivity index is 1.96. The molecule has 126 valence electrons. The van der Waals surface area contributed by atoms with E-state index in [4.69, 9.17) is 9.84 Å². The quantitative estimate of drug-likeness (QED) is 0.606. The normalized spacial score (nSPS) is 19.8. The van der Waals surface area contributed by atoms with Gasteiger partial charge in [-0.3, -0.25) is 9.59 Å². The van der Waals surface area contributed by atoms with E-state index in [0.29, 0.717) is 10.9 Å². The number of allylic oxidation sites excluding steroid dienone is 1. The van der Waals surface area contributed by atoms with Gasteiger partial charge in [-0.05, 0) is 30.7 Å². The van der Waals surface area contributed by atoms with Crippen molar-refractivity contribution >= 4 is 40.6 Å². The van der Waals surface area contributed by atoms with Crippen molar-refractivity contribution in [1.29, 1.82) is 0 Å². The molecule has 0 unspecified atom stereocenters. The fourth-order valence-electron chi connectivity index (χ4n) is 1.83. The van der Waals surface area contributed by atoms with Gasteiger partial charge in [0.2, 0.25) is 5.91 Å². The van der Waals surface area contributed by atoms with Crippen LogP contribution in [0.4, 0.5) is 0 Å². The van der Waals surface area contributed by atoms with Crippen molar-refractivity contribution in [3.05, 3.63) is 35.9 Å². The number of methoxy groups -OCH3 is 1. The molecule has 1 atom stereocenters. The first-order chi connectivity index (χ1) is 11.5. The minimum atomic E-state index is -1.02. The van der Waals surface area contributed by atoms with E-state index < -0.39 is 11.2 Å². The van der Waals surface area contributed by atoms with Crippen molar-refractivity contribution in [3.63, 3.8) is 0 Å². The third kappa shape index (κ3) is 5.24. The highest BCUT2D eigenvalue weighted by molar-refractivity contribution is 8.15. The van der Waals surface area contributed by atoms with Gasteiger partial charge in [0.25, 0.3) is 0 Å². The Labute approximate surface area is 143 Å². The fraction of sp³-hybridized carbons (Fsp3) is 0.250. The van der Waals surface area contributed by atoms with Crippen LogP contribution < -0.4 is 10.1 Å². The van der Waals surface area contributed by atoms with Crippen LogP contribution in [-0.2, 0) is 9.59 Å². The molecule has 8 heteroatoms. The summed E-state index contributed by atoms with van der Waals surface area (Å²) in [5, 5.41) is 18.8. The number of carboxylic acids is 1. The Morgan fingerprint density at radius 1 is 1.42 bits per heavy atom. The van der Waals surface area contributed by atoms with Gasteiger partial charge in [-0.1, -0.05) is 30.0 Å². The van der Waals surface area contributed by atoms with Crippen molar-refractivity contribution in [2.24, 2.45) is 10.2 Å². The number of hydrogen-bond donors (Lipinski definition) is 2. The maximum atomic E-state index is 11.6. The first-order valence-electron chi connectivity index (χ1n) is 7.11. The number of amides is 1. The summed E-state index contributed by atoms with van der Waals surface area (Å²) in [5.41, 5.74) is 1.64. The summed E-state index contributed by atoms with van der Waals surface area (Å²) < 4.78 is 5.09. The van der Waals surface area contributed by atoms with Crippen LogP contribution in [0.5, 0.6) is 5.75 Å². The van der Waals surface area contributed by atoms with Crippen molar-refractivity contribution in [2.45, 2.75) is 18.6 Å². The van der Waals surface area contributed by atoms with E-state index in [-0.39, 0.29) is 12.3 Å². The smallest absolute Gasteiger partial charge is 0.305 e. The molecule has 2 N–H and O–H groups in total. The van der Waals surface area contributed by atoms with Gasteiger partial charge in [-0.25, -0.2) is 0 Å². The van der Waals surface area contributed by atoms with E-state index in [0.717, 1.165) is 23.1 Å². The SMILES string of the molecule is COc1ccc(/C=C/C(C)=N/N=C2\NC(=O)[C@H](CC(=O)O)S2)cc1. The lowest BCUT2D eigenvalue weighted by Crippen LogP contribution is -2.26. The number of hydrogen-bond acceptors (Lipinski definition) is 6. The van der Waals surface area contributed by atoms with E-state index in [1.807, 2.05) is 30.3 Å². The highest BCUT2D eigenvalue weighted by Crippen LogP contribution is 2.22. The fourth-order valence-corrected chi connectivity index (χ4v) is 2.74. The number of carbonyl (C=O) groups is 2. The van der Waals surface area contributed by atoms with Crippen LogP contribution in [0, 0.1) is 0 Å². The molecule has 1 aromatic rings. The monoisotopic (exact) mass is 347 g/mol. The second-order valence-corrected chi connectivity index (χ2v) is 6.14. The van der Waals surface area contributed by atoms with Gasteiger partial charge in [0, 0.05) is 0 Å². The summed E-state index contributed by atoms with van der Waals surface area (Å²) >= 11 is 1.07. The molecule has 1 amide bonds. The number of thioether (sulfide) groups is 1. The first-order valence-corrected chi connectivity index (χ1v) is 7.99. The second-order valence-electron chi connectivity index (χ2n) is 4.95. The van der Waals surface area contributed by atoms with Crippen LogP contribution in [-0.4, -0.2) is 40.2 Å². The highest BCUT2D eigenvalue weighted by atomic mass is 32.2. The average Bonchev–Trinajstić information content (AvgIpc) is 2.90. The molecule has 1 fully saturated rings. The Hall–Kier alpha value is -2.61. The Morgan fingerprint density at radius 2 is 2.12 bits per heavy atom. The first kappa shape index (κ1) is 17.7. The van der Waals surface area contributed by atoms with Crippen molar-refractivity contribution in [1.82, 2.24) is 5.32 Å². The molecule has 1 aliphatic heterocycles. The number of carbonyl (C=O) groups excluding carboxylic acids is 1. The lowest BCUT2D eigenvalue weighted by atomic mass is 10.2. The van der Waals surface area contributed by atoms with E-state index in [1.54, 1.807) is 20.1 Å². The molecule has 1 aromatic carbocycles. The van der Waals surface area contributed by atoms with Gasteiger partial charge in [0.05, 0.1) is 19.2 Å². The molecule has 0 aromatic heterocycles. The molecule has 0 spiro atoms. The van der Waals surface area contributed by atoms with Crippen molar-refractivity contribution in [2.75, 3.05) is 7.11 Å². The van der Waals surface area contributed by atoms with Crippen molar-refractivity contribution in [3.8, 4) is 5.75 Å². The number of amidine groups is 1. The standard InChI is InChI=1S/C16H17N3O4S/c1-10(3-4-11-5-7-12(23-2)8-6-11)18-19-16-17-15(22)13(24-16)9-14(20)21/h3-8,13H,9H2,1-2H3,(H,20,21)(H,17,19,22)/b4-3+,18-10+/t13-/m0/s1. The second kappa shape index (κ2) is 8.30. The minimum absolute atomic E-state index is 0.240. The highest BCUT2D eigenvalue weighted by Gasteiger charge is 2.32. The summed E-state index contributed by atoms with van der Waals surface area (Å²) in [6.45, 7) is 1.78.